The number of hydrogen-bond acceptors (Lipinski definition) is 4. The lowest BCUT2D eigenvalue weighted by Crippen LogP contribution is -2.37. The van der Waals surface area contributed by atoms with Crippen molar-refractivity contribution in [3.63, 3.8) is 0 Å². The Kier molecular flexibility index (Phi) is 4.36. The summed E-state index contributed by atoms with van der Waals surface area (Å²) >= 11 is 0. The molecule has 1 amide bonds. The van der Waals surface area contributed by atoms with Crippen LogP contribution >= 0.6 is 0 Å². The van der Waals surface area contributed by atoms with E-state index in [2.05, 4.69) is 0 Å². The minimum Gasteiger partial charge on any atom is -0.465 e. The highest BCUT2D eigenvalue weighted by molar-refractivity contribution is 6.05. The van der Waals surface area contributed by atoms with Gasteiger partial charge in [-0.05, 0) is 25.1 Å². The molecule has 0 saturated carbocycles. The lowest BCUT2D eigenvalue weighted by atomic mass is 9.95. The van der Waals surface area contributed by atoms with Gasteiger partial charge in [-0.3, -0.25) is 9.78 Å². The Morgan fingerprint density at radius 3 is 2.56 bits per heavy atom. The lowest BCUT2D eigenvalue weighted by molar-refractivity contribution is 0.0594. The zero-order valence-electron chi connectivity index (χ0n) is 15.4. The van der Waals surface area contributed by atoms with Gasteiger partial charge in [0.25, 0.3) is 5.91 Å². The third kappa shape index (κ3) is 3.05. The van der Waals surface area contributed by atoms with Gasteiger partial charge in [-0.1, -0.05) is 35.9 Å². The van der Waals surface area contributed by atoms with Gasteiger partial charge in [-0.2, -0.15) is 0 Å². The Balaban J connectivity index is 1.77. The minimum atomic E-state index is -0.394. The SMILES string of the molecule is COC(=O)c1c2c(nc3ccccc13)CCN(C(=O)c1ccc(C)cc1)C2. The smallest absolute Gasteiger partial charge is 0.338 e. The summed E-state index contributed by atoms with van der Waals surface area (Å²) in [6, 6.07) is 15.1. The fraction of sp³-hybridized carbons (Fsp3) is 0.227. The highest BCUT2D eigenvalue weighted by Gasteiger charge is 2.28. The zero-order chi connectivity index (χ0) is 19.0. The molecular formula is C22H20N2O3. The molecule has 0 aliphatic carbocycles. The summed E-state index contributed by atoms with van der Waals surface area (Å²) in [6.45, 7) is 2.92. The molecule has 0 saturated heterocycles. The quantitative estimate of drug-likeness (QED) is 0.656. The molecule has 2 heterocycles. The van der Waals surface area contributed by atoms with Crippen LogP contribution in [0.5, 0.6) is 0 Å². The van der Waals surface area contributed by atoms with Crippen molar-refractivity contribution < 1.29 is 14.3 Å². The topological polar surface area (TPSA) is 59.5 Å². The molecule has 1 aliphatic rings. The van der Waals surface area contributed by atoms with E-state index in [9.17, 15) is 9.59 Å². The number of methoxy groups -OCH3 is 1. The van der Waals surface area contributed by atoms with Gasteiger partial charge in [0.1, 0.15) is 0 Å². The number of para-hydroxylation sites is 1. The Morgan fingerprint density at radius 2 is 1.81 bits per heavy atom. The van der Waals surface area contributed by atoms with Crippen LogP contribution in [0.3, 0.4) is 0 Å². The molecule has 5 nitrogen and oxygen atoms in total. The van der Waals surface area contributed by atoms with Crippen LogP contribution in [0.2, 0.25) is 0 Å². The first-order chi connectivity index (χ1) is 13.1. The van der Waals surface area contributed by atoms with Crippen LogP contribution in [0.15, 0.2) is 48.5 Å². The van der Waals surface area contributed by atoms with Gasteiger partial charge in [0, 0.05) is 41.7 Å². The lowest BCUT2D eigenvalue weighted by Gasteiger charge is -2.30. The molecule has 0 fully saturated rings. The number of carbonyl (C=O) groups excluding carboxylic acids is 2. The summed E-state index contributed by atoms with van der Waals surface area (Å²) in [5, 5.41) is 0.757. The standard InChI is InChI=1S/C22H20N2O3/c1-14-7-9-15(10-8-14)21(25)24-12-11-19-17(13-24)20(22(26)27-2)16-5-3-4-6-18(16)23-19/h3-10H,11-13H2,1-2H3. The van der Waals surface area contributed by atoms with E-state index in [-0.39, 0.29) is 5.91 Å². The van der Waals surface area contributed by atoms with E-state index in [1.807, 2.05) is 55.5 Å². The van der Waals surface area contributed by atoms with Gasteiger partial charge in [-0.25, -0.2) is 4.79 Å². The number of nitrogens with zero attached hydrogens (tertiary/aromatic N) is 2. The normalized spacial score (nSPS) is 13.3. The van der Waals surface area contributed by atoms with Gasteiger partial charge in [0.2, 0.25) is 0 Å². The maximum atomic E-state index is 12.9. The Hall–Kier alpha value is -3.21. The number of esters is 1. The summed E-state index contributed by atoms with van der Waals surface area (Å²) in [7, 11) is 1.38. The van der Waals surface area contributed by atoms with Gasteiger partial charge < -0.3 is 9.64 Å². The average molecular weight is 360 g/mol. The molecule has 4 rings (SSSR count). The van der Waals surface area contributed by atoms with Crippen molar-refractivity contribution in [1.82, 2.24) is 9.88 Å². The van der Waals surface area contributed by atoms with Crippen molar-refractivity contribution in [2.45, 2.75) is 19.9 Å². The van der Waals surface area contributed by atoms with E-state index in [1.165, 1.54) is 7.11 Å². The molecular weight excluding hydrogens is 340 g/mol. The molecule has 0 N–H and O–H groups in total. The van der Waals surface area contributed by atoms with Crippen molar-refractivity contribution in [1.29, 1.82) is 0 Å². The van der Waals surface area contributed by atoms with Crippen molar-refractivity contribution in [3.8, 4) is 0 Å². The zero-order valence-corrected chi connectivity index (χ0v) is 15.4. The van der Waals surface area contributed by atoms with Gasteiger partial charge in [0.05, 0.1) is 18.2 Å². The largest absolute Gasteiger partial charge is 0.465 e. The van der Waals surface area contributed by atoms with Crippen LogP contribution < -0.4 is 0 Å². The second-order valence-corrected chi connectivity index (χ2v) is 6.76. The number of hydrogen-bond donors (Lipinski definition) is 0. The Labute approximate surface area is 157 Å². The van der Waals surface area contributed by atoms with E-state index in [0.29, 0.717) is 30.6 Å². The summed E-state index contributed by atoms with van der Waals surface area (Å²) in [4.78, 5) is 32.0. The van der Waals surface area contributed by atoms with Crippen LogP contribution in [-0.4, -0.2) is 35.4 Å². The molecule has 1 aliphatic heterocycles. The second-order valence-electron chi connectivity index (χ2n) is 6.76. The first kappa shape index (κ1) is 17.2. The van der Waals surface area contributed by atoms with Crippen LogP contribution in [0, 0.1) is 6.92 Å². The fourth-order valence-electron chi connectivity index (χ4n) is 3.58. The van der Waals surface area contributed by atoms with Crippen molar-refractivity contribution in [3.05, 3.63) is 76.5 Å². The summed E-state index contributed by atoms with van der Waals surface area (Å²) < 4.78 is 5.03. The maximum Gasteiger partial charge on any atom is 0.338 e. The van der Waals surface area contributed by atoms with E-state index >= 15 is 0 Å². The molecule has 0 bridgehead atoms. The second kappa shape index (κ2) is 6.83. The molecule has 5 heteroatoms. The first-order valence-corrected chi connectivity index (χ1v) is 8.93. The number of rotatable bonds is 2. The highest BCUT2D eigenvalue weighted by Crippen LogP contribution is 2.29. The average Bonchev–Trinajstić information content (AvgIpc) is 2.71. The van der Waals surface area contributed by atoms with E-state index in [4.69, 9.17) is 9.72 Å². The van der Waals surface area contributed by atoms with Gasteiger partial charge >= 0.3 is 5.97 Å². The molecule has 27 heavy (non-hydrogen) atoms. The Morgan fingerprint density at radius 1 is 1.07 bits per heavy atom. The van der Waals surface area contributed by atoms with Crippen molar-refractivity contribution in [2.24, 2.45) is 0 Å². The van der Waals surface area contributed by atoms with E-state index in [1.54, 1.807) is 4.90 Å². The van der Waals surface area contributed by atoms with Crippen molar-refractivity contribution in [2.75, 3.05) is 13.7 Å². The van der Waals surface area contributed by atoms with Gasteiger partial charge in [-0.15, -0.1) is 0 Å². The molecule has 3 aromatic rings. The third-order valence-corrected chi connectivity index (χ3v) is 5.02. The van der Waals surface area contributed by atoms with Gasteiger partial charge in [0.15, 0.2) is 0 Å². The third-order valence-electron chi connectivity index (χ3n) is 5.02. The number of pyridine rings is 1. The monoisotopic (exact) mass is 360 g/mol. The molecule has 2 aromatic carbocycles. The summed E-state index contributed by atoms with van der Waals surface area (Å²) in [5.41, 5.74) is 4.69. The Bertz CT molecular complexity index is 1040. The highest BCUT2D eigenvalue weighted by atomic mass is 16.5. The predicted octanol–water partition coefficient (Wildman–Crippen LogP) is 3.53. The molecule has 136 valence electrons. The number of fused-ring (bicyclic) bond motifs is 2. The number of amides is 1. The number of aromatic nitrogens is 1. The van der Waals surface area contributed by atoms with Crippen LogP contribution in [0.25, 0.3) is 10.9 Å². The number of aryl methyl sites for hydroxylation is 1. The maximum absolute atomic E-state index is 12.9. The predicted molar refractivity (Wildman–Crippen MR) is 103 cm³/mol. The molecule has 1 aromatic heterocycles. The van der Waals surface area contributed by atoms with Crippen LogP contribution in [0.4, 0.5) is 0 Å². The number of benzene rings is 2. The molecule has 0 atom stereocenters. The minimum absolute atomic E-state index is 0.0374. The van der Waals surface area contributed by atoms with E-state index < -0.39 is 5.97 Å². The molecule has 0 radical (unpaired) electrons. The molecule has 0 unspecified atom stereocenters. The number of carbonyl (C=O) groups is 2. The van der Waals surface area contributed by atoms with Crippen molar-refractivity contribution >= 4 is 22.8 Å². The summed E-state index contributed by atoms with van der Waals surface area (Å²) in [5.74, 6) is -0.431. The van der Waals surface area contributed by atoms with Crippen LogP contribution in [-0.2, 0) is 17.7 Å². The first-order valence-electron chi connectivity index (χ1n) is 8.93. The van der Waals surface area contributed by atoms with Crippen LogP contribution in [0.1, 0.15) is 37.5 Å². The summed E-state index contributed by atoms with van der Waals surface area (Å²) in [6.07, 6.45) is 0.613. The number of ether oxygens (including phenoxy) is 1. The molecule has 0 spiro atoms. The fourth-order valence-corrected chi connectivity index (χ4v) is 3.58. The van der Waals surface area contributed by atoms with E-state index in [0.717, 1.165) is 27.7 Å².